The summed E-state index contributed by atoms with van der Waals surface area (Å²) in [4.78, 5) is 34.4. The van der Waals surface area contributed by atoms with Gasteiger partial charge in [0.2, 0.25) is 0 Å². The van der Waals surface area contributed by atoms with Crippen LogP contribution in [0.2, 0.25) is 0 Å². The number of Topliss-reactive ketones (excluding diaryl/α,β-unsaturated/α-hetero) is 2. The molecule has 0 radical (unpaired) electrons. The lowest BCUT2D eigenvalue weighted by atomic mass is 9.90. The Morgan fingerprint density at radius 1 is 1.39 bits per heavy atom. The van der Waals surface area contributed by atoms with E-state index in [0.29, 0.717) is 0 Å². The summed E-state index contributed by atoms with van der Waals surface area (Å²) < 4.78 is 0. The third kappa shape index (κ3) is 3.89. The van der Waals surface area contributed by atoms with Crippen LogP contribution in [-0.2, 0) is 14.4 Å². The SMILES string of the molecule is CC[C@H](C)[C@@H]1NCN[C@@H](CC(=O)O)C(=O)CC1=O. The molecule has 0 bridgehead atoms. The van der Waals surface area contributed by atoms with Gasteiger partial charge in [-0.3, -0.25) is 25.0 Å². The Kier molecular flexibility index (Phi) is 5.43. The lowest BCUT2D eigenvalue weighted by Crippen LogP contribution is -2.54. The van der Waals surface area contributed by atoms with Crippen LogP contribution in [0.25, 0.3) is 0 Å². The first-order valence-corrected chi connectivity index (χ1v) is 6.19. The van der Waals surface area contributed by atoms with Crippen molar-refractivity contribution in [3.63, 3.8) is 0 Å². The number of hydrogen-bond acceptors (Lipinski definition) is 5. The highest BCUT2D eigenvalue weighted by Gasteiger charge is 2.31. The van der Waals surface area contributed by atoms with Gasteiger partial charge >= 0.3 is 5.97 Å². The predicted octanol–water partition coefficient (Wildman–Crippen LogP) is -0.0770. The first-order chi connectivity index (χ1) is 8.45. The lowest BCUT2D eigenvalue weighted by molar-refractivity contribution is -0.141. The van der Waals surface area contributed by atoms with Gasteiger partial charge in [0.15, 0.2) is 11.6 Å². The van der Waals surface area contributed by atoms with Crippen molar-refractivity contribution in [2.24, 2.45) is 5.92 Å². The van der Waals surface area contributed by atoms with E-state index < -0.39 is 12.0 Å². The molecule has 1 aliphatic heterocycles. The number of aliphatic carboxylic acids is 1. The number of hydrogen-bond donors (Lipinski definition) is 3. The van der Waals surface area contributed by atoms with Gasteiger partial charge in [0.25, 0.3) is 0 Å². The van der Waals surface area contributed by atoms with Crippen molar-refractivity contribution < 1.29 is 19.5 Å². The molecule has 0 aromatic carbocycles. The van der Waals surface area contributed by atoms with Gasteiger partial charge in [-0.2, -0.15) is 0 Å². The minimum atomic E-state index is -1.05. The molecule has 1 fully saturated rings. The number of carboxylic acids is 1. The van der Waals surface area contributed by atoms with Crippen molar-refractivity contribution in [2.45, 2.75) is 45.2 Å². The van der Waals surface area contributed by atoms with Crippen LogP contribution in [0, 0.1) is 5.92 Å². The third-order valence-electron chi connectivity index (χ3n) is 3.35. The highest BCUT2D eigenvalue weighted by molar-refractivity contribution is 6.04. The predicted molar refractivity (Wildman–Crippen MR) is 65.1 cm³/mol. The number of rotatable bonds is 4. The van der Waals surface area contributed by atoms with Crippen molar-refractivity contribution in [1.29, 1.82) is 0 Å². The summed E-state index contributed by atoms with van der Waals surface area (Å²) in [6, 6.07) is -1.12. The summed E-state index contributed by atoms with van der Waals surface area (Å²) in [5.41, 5.74) is 0. The van der Waals surface area contributed by atoms with Gasteiger partial charge in [-0.25, -0.2) is 0 Å². The third-order valence-corrected chi connectivity index (χ3v) is 3.35. The summed E-state index contributed by atoms with van der Waals surface area (Å²) in [5.74, 6) is -1.38. The van der Waals surface area contributed by atoms with Crippen molar-refractivity contribution in [3.05, 3.63) is 0 Å². The van der Waals surface area contributed by atoms with Crippen molar-refractivity contribution >= 4 is 17.5 Å². The maximum absolute atomic E-state index is 12.0. The van der Waals surface area contributed by atoms with Gasteiger partial charge < -0.3 is 5.11 Å². The molecule has 0 amide bonds. The number of carbonyl (C=O) groups is 3. The van der Waals surface area contributed by atoms with E-state index in [1.54, 1.807) is 0 Å². The van der Waals surface area contributed by atoms with Crippen LogP contribution < -0.4 is 10.6 Å². The molecule has 0 aliphatic carbocycles. The van der Waals surface area contributed by atoms with Gasteiger partial charge in [0.05, 0.1) is 24.9 Å². The molecule has 1 saturated heterocycles. The zero-order valence-electron chi connectivity index (χ0n) is 10.7. The van der Waals surface area contributed by atoms with E-state index in [-0.39, 0.29) is 43.0 Å². The fourth-order valence-electron chi connectivity index (χ4n) is 2.04. The molecule has 0 aromatic heterocycles. The second kappa shape index (κ2) is 6.61. The molecule has 3 N–H and O–H groups in total. The van der Waals surface area contributed by atoms with Crippen LogP contribution in [0.1, 0.15) is 33.1 Å². The molecule has 102 valence electrons. The molecule has 1 heterocycles. The van der Waals surface area contributed by atoms with Crippen LogP contribution in [0.5, 0.6) is 0 Å². The molecule has 0 saturated carbocycles. The summed E-state index contributed by atoms with van der Waals surface area (Å²) in [7, 11) is 0. The summed E-state index contributed by atoms with van der Waals surface area (Å²) in [5, 5.41) is 14.6. The average Bonchev–Trinajstić information content (AvgIpc) is 2.29. The lowest BCUT2D eigenvalue weighted by Gasteiger charge is -2.28. The Balaban J connectivity index is 2.69. The molecule has 3 atom stereocenters. The number of ketones is 2. The van der Waals surface area contributed by atoms with Gasteiger partial charge in [-0.05, 0) is 5.92 Å². The fraction of sp³-hybridized carbons (Fsp3) is 0.750. The number of carboxylic acid groups (broad SMARTS) is 1. The highest BCUT2D eigenvalue weighted by Crippen LogP contribution is 2.13. The van der Waals surface area contributed by atoms with E-state index in [4.69, 9.17) is 5.11 Å². The normalized spacial score (nSPS) is 27.4. The Bertz CT molecular complexity index is 343. The first-order valence-electron chi connectivity index (χ1n) is 6.19. The Hall–Kier alpha value is -1.27. The molecule has 0 aromatic rings. The van der Waals surface area contributed by atoms with Crippen molar-refractivity contribution in [3.8, 4) is 0 Å². The second-order valence-electron chi connectivity index (χ2n) is 4.71. The molecule has 1 rings (SSSR count). The quantitative estimate of drug-likeness (QED) is 0.609. The topological polar surface area (TPSA) is 95.5 Å². The van der Waals surface area contributed by atoms with Crippen LogP contribution in [0.15, 0.2) is 0 Å². The van der Waals surface area contributed by atoms with E-state index in [0.717, 1.165) is 6.42 Å². The minimum Gasteiger partial charge on any atom is -0.481 e. The standard InChI is InChI=1S/C12H20N2O4/c1-3-7(2)12-10(16)5-9(15)8(4-11(17)18)13-6-14-12/h7-8,12-14H,3-6H2,1-2H3,(H,17,18)/t7-,8-,12-/m0/s1. The Labute approximate surface area is 106 Å². The van der Waals surface area contributed by atoms with Crippen molar-refractivity contribution in [2.75, 3.05) is 6.67 Å². The zero-order chi connectivity index (χ0) is 13.7. The fourth-order valence-corrected chi connectivity index (χ4v) is 2.04. The number of nitrogens with one attached hydrogen (secondary N) is 2. The smallest absolute Gasteiger partial charge is 0.305 e. The van der Waals surface area contributed by atoms with E-state index in [1.807, 2.05) is 13.8 Å². The molecule has 0 unspecified atom stereocenters. The van der Waals surface area contributed by atoms with Crippen LogP contribution in [0.3, 0.4) is 0 Å². The monoisotopic (exact) mass is 256 g/mol. The van der Waals surface area contributed by atoms with Gasteiger partial charge in [-0.15, -0.1) is 0 Å². The minimum absolute atomic E-state index is 0.147. The molecule has 6 heteroatoms. The maximum atomic E-state index is 12.0. The second-order valence-corrected chi connectivity index (χ2v) is 4.71. The van der Waals surface area contributed by atoms with Crippen molar-refractivity contribution in [1.82, 2.24) is 10.6 Å². The summed E-state index contributed by atoms with van der Waals surface area (Å²) in [6.07, 6.45) is 0.352. The first kappa shape index (κ1) is 14.8. The van der Waals surface area contributed by atoms with E-state index in [2.05, 4.69) is 10.6 Å². The molecule has 6 nitrogen and oxygen atoms in total. The van der Waals surface area contributed by atoms with Gasteiger partial charge in [0, 0.05) is 6.67 Å². The molecule has 18 heavy (non-hydrogen) atoms. The molecule has 1 aliphatic rings. The van der Waals surface area contributed by atoms with E-state index in [9.17, 15) is 14.4 Å². The zero-order valence-corrected chi connectivity index (χ0v) is 10.7. The van der Waals surface area contributed by atoms with Gasteiger partial charge in [0.1, 0.15) is 0 Å². The highest BCUT2D eigenvalue weighted by atomic mass is 16.4. The molecular formula is C12H20N2O4. The molecule has 0 spiro atoms. The summed E-state index contributed by atoms with van der Waals surface area (Å²) >= 11 is 0. The Morgan fingerprint density at radius 3 is 2.61 bits per heavy atom. The van der Waals surface area contributed by atoms with Crippen LogP contribution in [0.4, 0.5) is 0 Å². The number of carbonyl (C=O) groups excluding carboxylic acids is 2. The van der Waals surface area contributed by atoms with Crippen LogP contribution >= 0.6 is 0 Å². The largest absolute Gasteiger partial charge is 0.481 e. The van der Waals surface area contributed by atoms with E-state index >= 15 is 0 Å². The van der Waals surface area contributed by atoms with Crippen LogP contribution in [-0.4, -0.2) is 41.4 Å². The van der Waals surface area contributed by atoms with E-state index in [1.165, 1.54) is 0 Å². The molecular weight excluding hydrogens is 236 g/mol. The summed E-state index contributed by atoms with van der Waals surface area (Å²) in [6.45, 7) is 4.21. The average molecular weight is 256 g/mol. The Morgan fingerprint density at radius 2 is 2.06 bits per heavy atom. The maximum Gasteiger partial charge on any atom is 0.305 e. The van der Waals surface area contributed by atoms with Gasteiger partial charge in [-0.1, -0.05) is 20.3 Å².